The molecule has 0 aliphatic heterocycles. The predicted molar refractivity (Wildman–Crippen MR) is 104 cm³/mol. The Kier molecular flexibility index (Phi) is 5.00. The molecule has 1 fully saturated rings. The van der Waals surface area contributed by atoms with Gasteiger partial charge in [0, 0.05) is 28.5 Å². The number of benzene rings is 2. The minimum atomic E-state index is -0.278. The van der Waals surface area contributed by atoms with E-state index in [9.17, 15) is 4.39 Å². The van der Waals surface area contributed by atoms with Crippen molar-refractivity contribution in [3.63, 3.8) is 0 Å². The lowest BCUT2D eigenvalue weighted by atomic mass is 9.95. The zero-order valence-corrected chi connectivity index (χ0v) is 15.1. The molecule has 27 heavy (non-hydrogen) atoms. The van der Waals surface area contributed by atoms with Gasteiger partial charge in [-0.2, -0.15) is 4.80 Å². The minimum absolute atomic E-state index is 0.230. The van der Waals surface area contributed by atoms with Crippen LogP contribution in [0.2, 0.25) is 0 Å². The van der Waals surface area contributed by atoms with Gasteiger partial charge in [-0.05, 0) is 42.3 Å². The van der Waals surface area contributed by atoms with Crippen LogP contribution in [0.4, 0.5) is 15.8 Å². The standard InChI is InChI=1S/C20H23FN6/c21-18-9-5-4-6-14(18)13-27-25-20(24-26-27)17-12-15(22)10-11-19(17)23-16-7-2-1-3-8-16/h4-6,9-12,16,23H,1-3,7-8,13,22H2. The topological polar surface area (TPSA) is 81.6 Å². The van der Waals surface area contributed by atoms with Crippen molar-refractivity contribution in [2.75, 3.05) is 11.1 Å². The van der Waals surface area contributed by atoms with Crippen molar-refractivity contribution in [1.29, 1.82) is 0 Å². The van der Waals surface area contributed by atoms with E-state index in [0.717, 1.165) is 24.1 Å². The van der Waals surface area contributed by atoms with Crippen molar-refractivity contribution in [2.45, 2.75) is 44.7 Å². The average Bonchev–Trinajstić information content (AvgIpc) is 3.14. The third-order valence-corrected chi connectivity index (χ3v) is 4.97. The molecule has 7 heteroatoms. The number of nitrogens with two attached hydrogens (primary N) is 1. The number of hydrogen-bond acceptors (Lipinski definition) is 5. The maximum atomic E-state index is 13.9. The molecule has 1 aliphatic rings. The van der Waals surface area contributed by atoms with E-state index in [0.29, 0.717) is 23.1 Å². The van der Waals surface area contributed by atoms with Crippen LogP contribution >= 0.6 is 0 Å². The fraction of sp³-hybridized carbons (Fsp3) is 0.350. The van der Waals surface area contributed by atoms with E-state index in [2.05, 4.69) is 20.7 Å². The molecule has 140 valence electrons. The number of anilines is 2. The lowest BCUT2D eigenvalue weighted by molar-refractivity contribution is 0.463. The molecule has 0 radical (unpaired) electrons. The number of nitrogens with one attached hydrogen (secondary N) is 1. The van der Waals surface area contributed by atoms with Crippen LogP contribution in [-0.2, 0) is 6.54 Å². The highest BCUT2D eigenvalue weighted by atomic mass is 19.1. The van der Waals surface area contributed by atoms with Crippen LogP contribution in [0, 0.1) is 5.82 Å². The molecule has 0 unspecified atom stereocenters. The van der Waals surface area contributed by atoms with Crippen LogP contribution < -0.4 is 11.1 Å². The Labute approximate surface area is 157 Å². The molecule has 2 aromatic carbocycles. The van der Waals surface area contributed by atoms with Gasteiger partial charge in [0.25, 0.3) is 0 Å². The molecule has 0 saturated heterocycles. The number of aromatic nitrogens is 4. The Hall–Kier alpha value is -2.96. The first-order valence-electron chi connectivity index (χ1n) is 9.37. The fourth-order valence-corrected chi connectivity index (χ4v) is 3.54. The predicted octanol–water partition coefficient (Wildman–Crippen LogP) is 3.85. The summed E-state index contributed by atoms with van der Waals surface area (Å²) in [5, 5.41) is 16.3. The first-order chi connectivity index (χ1) is 13.2. The number of rotatable bonds is 5. The summed E-state index contributed by atoms with van der Waals surface area (Å²) in [6.07, 6.45) is 6.13. The number of tetrazole rings is 1. The van der Waals surface area contributed by atoms with Gasteiger partial charge in [-0.25, -0.2) is 4.39 Å². The van der Waals surface area contributed by atoms with Gasteiger partial charge in [0.05, 0.1) is 6.54 Å². The van der Waals surface area contributed by atoms with Gasteiger partial charge in [0.2, 0.25) is 5.82 Å². The molecule has 3 aromatic rings. The fourth-order valence-electron chi connectivity index (χ4n) is 3.54. The summed E-state index contributed by atoms with van der Waals surface area (Å²) in [7, 11) is 0. The van der Waals surface area contributed by atoms with Gasteiger partial charge in [0.1, 0.15) is 5.82 Å². The highest BCUT2D eigenvalue weighted by molar-refractivity contribution is 5.76. The van der Waals surface area contributed by atoms with Crippen molar-refractivity contribution in [3.8, 4) is 11.4 Å². The second-order valence-corrected chi connectivity index (χ2v) is 7.02. The van der Waals surface area contributed by atoms with E-state index in [4.69, 9.17) is 5.73 Å². The van der Waals surface area contributed by atoms with Crippen molar-refractivity contribution in [2.24, 2.45) is 0 Å². The van der Waals surface area contributed by atoms with Crippen LogP contribution in [0.5, 0.6) is 0 Å². The van der Waals surface area contributed by atoms with Crippen LogP contribution in [0.15, 0.2) is 42.5 Å². The third kappa shape index (κ3) is 4.07. The zero-order valence-electron chi connectivity index (χ0n) is 15.1. The monoisotopic (exact) mass is 366 g/mol. The largest absolute Gasteiger partial charge is 0.399 e. The van der Waals surface area contributed by atoms with E-state index < -0.39 is 0 Å². The molecule has 0 spiro atoms. The Morgan fingerprint density at radius 3 is 2.74 bits per heavy atom. The molecule has 1 aromatic heterocycles. The molecule has 0 atom stereocenters. The Morgan fingerprint density at radius 2 is 1.93 bits per heavy atom. The lowest BCUT2D eigenvalue weighted by Gasteiger charge is -2.24. The van der Waals surface area contributed by atoms with E-state index in [1.54, 1.807) is 18.2 Å². The van der Waals surface area contributed by atoms with Crippen LogP contribution in [-0.4, -0.2) is 26.2 Å². The first kappa shape index (κ1) is 17.5. The summed E-state index contributed by atoms with van der Waals surface area (Å²) < 4.78 is 13.9. The quantitative estimate of drug-likeness (QED) is 0.670. The van der Waals surface area contributed by atoms with Gasteiger partial charge < -0.3 is 11.1 Å². The number of nitrogen functional groups attached to an aromatic ring is 1. The summed E-state index contributed by atoms with van der Waals surface area (Å²) in [4.78, 5) is 1.40. The van der Waals surface area contributed by atoms with Crippen molar-refractivity contribution in [1.82, 2.24) is 20.2 Å². The Morgan fingerprint density at radius 1 is 1.11 bits per heavy atom. The van der Waals surface area contributed by atoms with E-state index in [1.807, 2.05) is 18.2 Å². The molecular weight excluding hydrogens is 343 g/mol. The van der Waals surface area contributed by atoms with E-state index >= 15 is 0 Å². The SMILES string of the molecule is Nc1ccc(NC2CCCCC2)c(-c2nnn(Cc3ccccc3F)n2)c1. The van der Waals surface area contributed by atoms with Gasteiger partial charge in [-0.3, -0.25) is 0 Å². The summed E-state index contributed by atoms with van der Waals surface area (Å²) in [6, 6.07) is 12.8. The van der Waals surface area contributed by atoms with Gasteiger partial charge in [-0.15, -0.1) is 10.2 Å². The molecule has 4 rings (SSSR count). The molecular formula is C20H23FN6. The third-order valence-electron chi connectivity index (χ3n) is 4.97. The highest BCUT2D eigenvalue weighted by Gasteiger charge is 2.17. The van der Waals surface area contributed by atoms with Gasteiger partial charge in [0.15, 0.2) is 0 Å². The Bertz CT molecular complexity index is 916. The average molecular weight is 366 g/mol. The second kappa shape index (κ2) is 7.73. The van der Waals surface area contributed by atoms with E-state index in [-0.39, 0.29) is 12.4 Å². The molecule has 0 amide bonds. The van der Waals surface area contributed by atoms with Crippen LogP contribution in [0.25, 0.3) is 11.4 Å². The highest BCUT2D eigenvalue weighted by Crippen LogP contribution is 2.30. The van der Waals surface area contributed by atoms with E-state index in [1.165, 1.54) is 30.1 Å². The summed E-state index contributed by atoms with van der Waals surface area (Å²) in [5.74, 6) is 0.205. The molecule has 6 nitrogen and oxygen atoms in total. The lowest BCUT2D eigenvalue weighted by Crippen LogP contribution is -2.22. The number of halogens is 1. The molecule has 1 saturated carbocycles. The van der Waals surface area contributed by atoms with Gasteiger partial charge in [-0.1, -0.05) is 37.5 Å². The molecule has 3 N–H and O–H groups in total. The normalized spacial score (nSPS) is 15.0. The van der Waals surface area contributed by atoms with Crippen LogP contribution in [0.1, 0.15) is 37.7 Å². The maximum Gasteiger partial charge on any atom is 0.207 e. The molecule has 1 heterocycles. The molecule has 1 aliphatic carbocycles. The molecule has 0 bridgehead atoms. The summed E-state index contributed by atoms with van der Waals surface area (Å²) >= 11 is 0. The zero-order chi connectivity index (χ0) is 18.6. The minimum Gasteiger partial charge on any atom is -0.399 e. The van der Waals surface area contributed by atoms with Crippen LogP contribution in [0.3, 0.4) is 0 Å². The maximum absolute atomic E-state index is 13.9. The first-order valence-corrected chi connectivity index (χ1v) is 9.37. The Balaban J connectivity index is 1.58. The number of hydrogen-bond donors (Lipinski definition) is 2. The van der Waals surface area contributed by atoms with Crippen molar-refractivity contribution in [3.05, 3.63) is 53.8 Å². The van der Waals surface area contributed by atoms with Gasteiger partial charge >= 0.3 is 0 Å². The second-order valence-electron chi connectivity index (χ2n) is 7.02. The van der Waals surface area contributed by atoms with Crippen molar-refractivity contribution >= 4 is 11.4 Å². The summed E-state index contributed by atoms with van der Waals surface area (Å²) in [5.41, 5.74) is 8.93. The van der Waals surface area contributed by atoms with Crippen molar-refractivity contribution < 1.29 is 4.39 Å². The number of nitrogens with zero attached hydrogens (tertiary/aromatic N) is 4. The summed E-state index contributed by atoms with van der Waals surface area (Å²) in [6.45, 7) is 0.230. The smallest absolute Gasteiger partial charge is 0.207 e.